The summed E-state index contributed by atoms with van der Waals surface area (Å²) in [6, 6.07) is 84.2. The van der Waals surface area contributed by atoms with Crippen LogP contribution in [-0.2, 0) is 0 Å². The van der Waals surface area contributed by atoms with Crippen molar-refractivity contribution in [3.63, 3.8) is 0 Å². The lowest BCUT2D eigenvalue weighted by atomic mass is 9.98. The summed E-state index contributed by atoms with van der Waals surface area (Å²) in [6.07, 6.45) is 0. The Bertz CT molecular complexity index is 3830. The molecule has 0 radical (unpaired) electrons. The Hall–Kier alpha value is -10.1. The topological polar surface area (TPSA) is 104 Å². The van der Waals surface area contributed by atoms with Gasteiger partial charge in [-0.2, -0.15) is 10.5 Å². The predicted octanol–water partition coefficient (Wildman–Crippen LogP) is 15.4. The standard InChI is InChI=1S/C64H39N7/c65-40-49-25-13-15-27-51(49)46-29-32-53-54-33-30-47(52-28-16-14-26-50(52)41-66)37-62(54)71(61(53)36-46)60-34-31-48(63-67-56(42-17-5-1-6-18-42)38-57(68-63)43-19-7-2-8-20-43)35-55(60)64-69-58(44-21-9-3-10-22-44)39-59(70-64)45-23-11-4-12-24-45/h1-39H. The number of benzene rings is 9. The Kier molecular flexibility index (Phi) is 10.8. The van der Waals surface area contributed by atoms with Crippen molar-refractivity contribution in [2.24, 2.45) is 0 Å². The van der Waals surface area contributed by atoms with Gasteiger partial charge in [0.05, 0.1) is 62.8 Å². The fourth-order valence-corrected chi connectivity index (χ4v) is 9.50. The summed E-state index contributed by atoms with van der Waals surface area (Å²) in [7, 11) is 0. The lowest BCUT2D eigenvalue weighted by molar-refractivity contribution is 1.13. The first-order valence-electron chi connectivity index (χ1n) is 23.3. The van der Waals surface area contributed by atoms with Crippen molar-refractivity contribution in [1.82, 2.24) is 24.5 Å². The first-order valence-corrected chi connectivity index (χ1v) is 23.3. The third-order valence-corrected chi connectivity index (χ3v) is 13.0. The highest BCUT2D eigenvalue weighted by molar-refractivity contribution is 6.12. The predicted molar refractivity (Wildman–Crippen MR) is 285 cm³/mol. The van der Waals surface area contributed by atoms with Gasteiger partial charge in [-0.3, -0.25) is 0 Å². The highest BCUT2D eigenvalue weighted by Crippen LogP contribution is 2.42. The summed E-state index contributed by atoms with van der Waals surface area (Å²) >= 11 is 0. The molecular formula is C64H39N7. The van der Waals surface area contributed by atoms with Gasteiger partial charge in [0.1, 0.15) is 0 Å². The van der Waals surface area contributed by atoms with Gasteiger partial charge in [-0.25, -0.2) is 19.9 Å². The molecule has 0 aliphatic rings. The van der Waals surface area contributed by atoms with E-state index in [0.717, 1.165) is 106 Å². The Labute approximate surface area is 410 Å². The molecule has 0 fully saturated rings. The largest absolute Gasteiger partial charge is 0.308 e. The normalized spacial score (nSPS) is 11.1. The fourth-order valence-electron chi connectivity index (χ4n) is 9.50. The summed E-state index contributed by atoms with van der Waals surface area (Å²) in [5.74, 6) is 1.06. The summed E-state index contributed by atoms with van der Waals surface area (Å²) in [4.78, 5) is 21.4. The van der Waals surface area contributed by atoms with Gasteiger partial charge in [-0.15, -0.1) is 0 Å². The highest BCUT2D eigenvalue weighted by atomic mass is 15.0. The van der Waals surface area contributed by atoms with Crippen LogP contribution in [0.4, 0.5) is 0 Å². The van der Waals surface area contributed by atoms with Gasteiger partial charge in [0, 0.05) is 44.2 Å². The molecule has 0 saturated carbocycles. The van der Waals surface area contributed by atoms with Crippen LogP contribution in [0.5, 0.6) is 0 Å². The number of rotatable bonds is 9. The molecule has 0 bridgehead atoms. The second-order valence-corrected chi connectivity index (χ2v) is 17.2. The molecule has 0 atom stereocenters. The van der Waals surface area contributed by atoms with E-state index in [0.29, 0.717) is 22.8 Å². The second-order valence-electron chi connectivity index (χ2n) is 17.2. The molecule has 0 spiro atoms. The molecule has 7 heteroatoms. The second kappa shape index (κ2) is 18.2. The van der Waals surface area contributed by atoms with Crippen LogP contribution in [0.1, 0.15) is 11.1 Å². The average Bonchev–Trinajstić information content (AvgIpc) is 3.78. The Morgan fingerprint density at radius 1 is 0.296 bits per heavy atom. The van der Waals surface area contributed by atoms with Gasteiger partial charge in [0.2, 0.25) is 0 Å². The molecule has 71 heavy (non-hydrogen) atoms. The SMILES string of the molecule is N#Cc1ccccc1-c1ccc2c3ccc(-c4ccccc4C#N)cc3n(-c3ccc(-c4nc(-c5ccccc5)cc(-c5ccccc5)n4)cc3-c3nc(-c4ccccc4)cc(-c4ccccc4)n3)c2c1. The van der Waals surface area contributed by atoms with Crippen molar-refractivity contribution in [2.75, 3.05) is 0 Å². The minimum absolute atomic E-state index is 0.511. The van der Waals surface area contributed by atoms with Crippen LogP contribution in [0.2, 0.25) is 0 Å². The van der Waals surface area contributed by atoms with Gasteiger partial charge in [0.25, 0.3) is 0 Å². The van der Waals surface area contributed by atoms with E-state index < -0.39 is 0 Å². The Morgan fingerprint density at radius 2 is 0.662 bits per heavy atom. The number of aromatic nitrogens is 5. The minimum atomic E-state index is 0.511. The molecule has 0 aliphatic heterocycles. The van der Waals surface area contributed by atoms with Crippen molar-refractivity contribution in [1.29, 1.82) is 10.5 Å². The van der Waals surface area contributed by atoms with E-state index in [1.54, 1.807) is 0 Å². The van der Waals surface area contributed by atoms with E-state index in [-0.39, 0.29) is 0 Å². The first-order chi connectivity index (χ1) is 35.1. The van der Waals surface area contributed by atoms with Gasteiger partial charge < -0.3 is 4.57 Å². The van der Waals surface area contributed by atoms with Gasteiger partial charge in [-0.1, -0.05) is 182 Å². The summed E-state index contributed by atoms with van der Waals surface area (Å²) in [6.45, 7) is 0. The van der Waals surface area contributed by atoms with Crippen LogP contribution in [-0.4, -0.2) is 24.5 Å². The number of nitrogens with zero attached hydrogens (tertiary/aromatic N) is 7. The third-order valence-electron chi connectivity index (χ3n) is 13.0. The van der Waals surface area contributed by atoms with E-state index in [1.165, 1.54) is 0 Å². The molecule has 3 heterocycles. The minimum Gasteiger partial charge on any atom is -0.308 e. The highest BCUT2D eigenvalue weighted by Gasteiger charge is 2.23. The quantitative estimate of drug-likeness (QED) is 0.143. The van der Waals surface area contributed by atoms with Crippen molar-refractivity contribution >= 4 is 21.8 Å². The van der Waals surface area contributed by atoms with Crippen LogP contribution in [0.25, 0.3) is 118 Å². The van der Waals surface area contributed by atoms with Crippen LogP contribution in [0.15, 0.2) is 237 Å². The Morgan fingerprint density at radius 3 is 1.07 bits per heavy atom. The molecule has 7 nitrogen and oxygen atoms in total. The maximum atomic E-state index is 10.3. The average molecular weight is 906 g/mol. The molecule has 12 aromatic rings. The van der Waals surface area contributed by atoms with E-state index in [9.17, 15) is 10.5 Å². The smallest absolute Gasteiger partial charge is 0.162 e. The van der Waals surface area contributed by atoms with Crippen molar-refractivity contribution in [3.05, 3.63) is 248 Å². The van der Waals surface area contributed by atoms with Crippen LogP contribution >= 0.6 is 0 Å². The van der Waals surface area contributed by atoms with E-state index in [4.69, 9.17) is 19.9 Å². The Balaban J connectivity index is 1.19. The van der Waals surface area contributed by atoms with Crippen molar-refractivity contribution < 1.29 is 0 Å². The molecular weight excluding hydrogens is 867 g/mol. The number of hydrogen-bond acceptors (Lipinski definition) is 6. The van der Waals surface area contributed by atoms with Crippen molar-refractivity contribution in [2.45, 2.75) is 0 Å². The molecule has 3 aromatic heterocycles. The summed E-state index contributed by atoms with van der Waals surface area (Å²) < 4.78 is 2.28. The van der Waals surface area contributed by atoms with Gasteiger partial charge in [-0.05, 0) is 76.9 Å². The molecule has 330 valence electrons. The summed E-state index contributed by atoms with van der Waals surface area (Å²) in [5, 5.41) is 22.6. The van der Waals surface area contributed by atoms with Crippen molar-refractivity contribution in [3.8, 4) is 108 Å². The van der Waals surface area contributed by atoms with Crippen LogP contribution in [0.3, 0.4) is 0 Å². The molecule has 0 unspecified atom stereocenters. The van der Waals surface area contributed by atoms with Crippen LogP contribution < -0.4 is 0 Å². The van der Waals surface area contributed by atoms with E-state index in [2.05, 4.69) is 126 Å². The number of hydrogen-bond donors (Lipinski definition) is 0. The lowest BCUT2D eigenvalue weighted by Gasteiger charge is -2.17. The zero-order chi connectivity index (χ0) is 47.7. The molecule has 0 amide bonds. The fraction of sp³-hybridized carbons (Fsp3) is 0. The third kappa shape index (κ3) is 7.96. The zero-order valence-corrected chi connectivity index (χ0v) is 38.1. The molecule has 0 saturated heterocycles. The lowest BCUT2D eigenvalue weighted by Crippen LogP contribution is -2.03. The molecule has 0 N–H and O–H groups in total. The van der Waals surface area contributed by atoms with Gasteiger partial charge in [0.15, 0.2) is 11.6 Å². The zero-order valence-electron chi connectivity index (χ0n) is 38.1. The number of fused-ring (bicyclic) bond motifs is 3. The maximum Gasteiger partial charge on any atom is 0.162 e. The van der Waals surface area contributed by atoms with Crippen LogP contribution in [0, 0.1) is 22.7 Å². The molecule has 0 aliphatic carbocycles. The monoisotopic (exact) mass is 905 g/mol. The maximum absolute atomic E-state index is 10.3. The molecule has 12 rings (SSSR count). The van der Waals surface area contributed by atoms with E-state index >= 15 is 0 Å². The summed E-state index contributed by atoms with van der Waals surface area (Å²) in [5.41, 5.74) is 15.8. The van der Waals surface area contributed by atoms with E-state index in [1.807, 2.05) is 127 Å². The number of nitriles is 2. The molecule has 9 aromatic carbocycles. The van der Waals surface area contributed by atoms with Gasteiger partial charge >= 0.3 is 0 Å². The first kappa shape index (κ1) is 42.3.